The number of fused-ring (bicyclic) bond motifs is 1. The molecule has 3 aliphatic heterocycles. The number of ether oxygens (including phenoxy) is 4. The summed E-state index contributed by atoms with van der Waals surface area (Å²) in [5.74, 6) is -1.34. The Bertz CT molecular complexity index is 1540. The summed E-state index contributed by atoms with van der Waals surface area (Å²) in [5.41, 5.74) is 4.33. The van der Waals surface area contributed by atoms with Gasteiger partial charge in [0.15, 0.2) is 6.29 Å². The van der Waals surface area contributed by atoms with E-state index in [2.05, 4.69) is 23.4 Å². The molecule has 4 atom stereocenters. The first-order valence-electron chi connectivity index (χ1n) is 16.3. The van der Waals surface area contributed by atoms with Crippen LogP contribution in [0.1, 0.15) is 50.8 Å². The maximum Gasteiger partial charge on any atom is 0.329 e. The van der Waals surface area contributed by atoms with Gasteiger partial charge in [-0.15, -0.1) is 0 Å². The van der Waals surface area contributed by atoms with Crippen LogP contribution in [0.15, 0.2) is 58.5 Å². The second kappa shape index (κ2) is 16.9. The van der Waals surface area contributed by atoms with E-state index in [1.807, 2.05) is 62.4 Å². The van der Waals surface area contributed by atoms with Crippen LogP contribution in [0.5, 0.6) is 0 Å². The molecule has 3 aliphatic rings. The van der Waals surface area contributed by atoms with E-state index in [9.17, 15) is 19.2 Å². The van der Waals surface area contributed by atoms with Crippen molar-refractivity contribution >= 4 is 54.6 Å². The van der Waals surface area contributed by atoms with Gasteiger partial charge in [0.05, 0.1) is 18.9 Å². The minimum atomic E-state index is -0.781. The lowest BCUT2D eigenvalue weighted by atomic mass is 10.1. The monoisotopic (exact) mass is 660 g/mol. The lowest BCUT2D eigenvalue weighted by Gasteiger charge is -2.28. The van der Waals surface area contributed by atoms with Crippen molar-refractivity contribution < 1.29 is 38.1 Å². The molecular formula is C36H44N4O8. The fourth-order valence-electron chi connectivity index (χ4n) is 6.15. The molecule has 0 N–H and O–H groups in total. The fourth-order valence-corrected chi connectivity index (χ4v) is 6.15. The molecule has 0 spiro atoms. The first-order valence-corrected chi connectivity index (χ1v) is 16.3. The second-order valence-electron chi connectivity index (χ2n) is 11.1. The quantitative estimate of drug-likeness (QED) is 0.179. The molecule has 2 amide bonds. The van der Waals surface area contributed by atoms with Gasteiger partial charge < -0.3 is 18.9 Å². The Morgan fingerprint density at radius 2 is 1.48 bits per heavy atom. The first kappa shape index (κ1) is 36.2. The van der Waals surface area contributed by atoms with Gasteiger partial charge in [-0.3, -0.25) is 29.4 Å². The van der Waals surface area contributed by atoms with Crippen molar-refractivity contribution in [2.75, 3.05) is 36.2 Å². The van der Waals surface area contributed by atoms with E-state index in [0.717, 1.165) is 22.4 Å². The highest BCUT2D eigenvalue weighted by molar-refractivity contribution is 6.09. The third-order valence-corrected chi connectivity index (χ3v) is 8.22. The summed E-state index contributed by atoms with van der Waals surface area (Å²) in [6, 6.07) is 10.5. The van der Waals surface area contributed by atoms with Gasteiger partial charge >= 0.3 is 11.9 Å². The number of amides is 2. The van der Waals surface area contributed by atoms with Crippen molar-refractivity contribution in [1.82, 2.24) is 0 Å². The van der Waals surface area contributed by atoms with Gasteiger partial charge in [0.2, 0.25) is 0 Å². The number of hydrogen-bond acceptors (Lipinski definition) is 10. The molecule has 4 unspecified atom stereocenters. The number of hydrogen-bond donors (Lipinski definition) is 0. The Kier molecular flexibility index (Phi) is 12.8. The maximum absolute atomic E-state index is 13.3. The van der Waals surface area contributed by atoms with E-state index >= 15 is 0 Å². The van der Waals surface area contributed by atoms with Gasteiger partial charge in [-0.2, -0.15) is 0 Å². The highest BCUT2D eigenvalue weighted by Gasteiger charge is 2.44. The van der Waals surface area contributed by atoms with Crippen molar-refractivity contribution in [3.8, 4) is 0 Å². The number of rotatable bonds is 13. The average Bonchev–Trinajstić information content (AvgIpc) is 3.64. The smallest absolute Gasteiger partial charge is 0.329 e. The summed E-state index contributed by atoms with van der Waals surface area (Å²) in [6.07, 6.45) is 4.15. The van der Waals surface area contributed by atoms with Gasteiger partial charge in [-0.1, -0.05) is 48.6 Å². The molecule has 0 aliphatic carbocycles. The van der Waals surface area contributed by atoms with Gasteiger partial charge in [0, 0.05) is 38.2 Å². The Hall–Kier alpha value is -4.68. The largest absolute Gasteiger partial charge is 0.464 e. The van der Waals surface area contributed by atoms with E-state index in [1.54, 1.807) is 19.9 Å². The number of esters is 2. The first-order chi connectivity index (χ1) is 23.2. The number of anilines is 2. The summed E-state index contributed by atoms with van der Waals surface area (Å²) in [6.45, 7) is 15.7. The summed E-state index contributed by atoms with van der Waals surface area (Å²) in [5, 5.41) is 0. The lowest BCUT2D eigenvalue weighted by Crippen LogP contribution is -2.48. The minimum absolute atomic E-state index is 0.233. The lowest BCUT2D eigenvalue weighted by molar-refractivity contribution is -0.149. The third-order valence-electron chi connectivity index (χ3n) is 8.22. The topological polar surface area (TPSA) is 136 Å². The fraction of sp³-hybridized carbons (Fsp3) is 0.444. The molecule has 12 heteroatoms. The molecule has 0 saturated carbocycles. The minimum Gasteiger partial charge on any atom is -0.464 e. The predicted molar refractivity (Wildman–Crippen MR) is 183 cm³/mol. The molecule has 0 saturated heterocycles. The Morgan fingerprint density at radius 3 is 2.10 bits per heavy atom. The highest BCUT2D eigenvalue weighted by Crippen LogP contribution is 2.39. The predicted octanol–water partition coefficient (Wildman–Crippen LogP) is 3.97. The zero-order chi connectivity index (χ0) is 34.8. The normalized spacial score (nSPS) is 19.4. The number of nitrogens with zero attached hydrogens (tertiary/aromatic N) is 4. The molecule has 0 fully saturated rings. The summed E-state index contributed by atoms with van der Waals surface area (Å²) in [4.78, 5) is 61.4. The van der Waals surface area contributed by atoms with E-state index in [0.29, 0.717) is 38.3 Å². The van der Waals surface area contributed by atoms with Crippen LogP contribution in [-0.4, -0.2) is 94.1 Å². The van der Waals surface area contributed by atoms with Gasteiger partial charge in [0.1, 0.15) is 24.2 Å². The molecule has 48 heavy (non-hydrogen) atoms. The number of carbonyl (C=O) groups excluding carboxylic acids is 4. The van der Waals surface area contributed by atoms with Crippen molar-refractivity contribution in [2.24, 2.45) is 9.98 Å². The van der Waals surface area contributed by atoms with Gasteiger partial charge in [-0.05, 0) is 63.9 Å². The van der Waals surface area contributed by atoms with Crippen molar-refractivity contribution in [3.05, 3.63) is 65.2 Å². The van der Waals surface area contributed by atoms with Crippen LogP contribution in [0.3, 0.4) is 0 Å². The highest BCUT2D eigenvalue weighted by atomic mass is 16.7. The van der Waals surface area contributed by atoms with Crippen molar-refractivity contribution in [1.29, 1.82) is 0 Å². The third kappa shape index (κ3) is 7.71. The molecule has 0 aromatic heterocycles. The Balaban J connectivity index is 0.000000223. The molecule has 2 aromatic carbocycles. The van der Waals surface area contributed by atoms with Crippen LogP contribution in [0.25, 0.3) is 6.08 Å². The van der Waals surface area contributed by atoms with Crippen LogP contribution in [0.2, 0.25) is 0 Å². The second-order valence-corrected chi connectivity index (χ2v) is 11.1. The van der Waals surface area contributed by atoms with Crippen LogP contribution in [0.4, 0.5) is 11.4 Å². The van der Waals surface area contributed by atoms with Crippen LogP contribution >= 0.6 is 0 Å². The van der Waals surface area contributed by atoms with E-state index in [1.165, 1.54) is 9.80 Å². The number of aliphatic imine (C=N–C) groups is 2. The molecule has 3 heterocycles. The molecule has 12 nitrogen and oxygen atoms in total. The van der Waals surface area contributed by atoms with Crippen molar-refractivity contribution in [2.45, 2.75) is 77.4 Å². The van der Waals surface area contributed by atoms with Crippen LogP contribution in [0, 0.1) is 0 Å². The maximum atomic E-state index is 13.3. The Labute approximate surface area is 281 Å². The van der Waals surface area contributed by atoms with Crippen LogP contribution < -0.4 is 9.80 Å². The zero-order valence-electron chi connectivity index (χ0n) is 28.0. The standard InChI is InChI=1S/C20H28N2O5.C16H16N2O3/c1-5-25-18(26-6-2)13-15(21-4)19(23)22-16-11-9-8-10-14(16)12-17(22)20(24)27-7-3;1-3-21-16(20)13-9-11-6-4-5-10-7-8-12(17-2)15(19)18(13)14(10)11/h8-11,15,17-18H,4-7,12-13H2,1-3H3;4-8,12-13H,2-3,9H2,1H3. The van der Waals surface area contributed by atoms with Crippen LogP contribution in [-0.2, 0) is 51.0 Å². The molecule has 5 rings (SSSR count). The Morgan fingerprint density at radius 1 is 0.854 bits per heavy atom. The molecule has 0 bridgehead atoms. The molecule has 0 radical (unpaired) electrons. The summed E-state index contributed by atoms with van der Waals surface area (Å²) < 4.78 is 21.4. The van der Waals surface area contributed by atoms with Crippen molar-refractivity contribution in [3.63, 3.8) is 0 Å². The zero-order valence-corrected chi connectivity index (χ0v) is 28.0. The van der Waals surface area contributed by atoms with E-state index < -0.39 is 36.4 Å². The number of carbonyl (C=O) groups is 4. The molecule has 256 valence electrons. The number of para-hydroxylation sites is 2. The number of benzene rings is 2. The average molecular weight is 661 g/mol. The summed E-state index contributed by atoms with van der Waals surface area (Å²) >= 11 is 0. The molecule has 2 aromatic rings. The van der Waals surface area contributed by atoms with Gasteiger partial charge in [-0.25, -0.2) is 9.59 Å². The molecular weight excluding hydrogens is 616 g/mol. The SMILES string of the molecule is C=NC(CC(OCC)OCC)C(=O)N1c2ccccc2CC1C(=O)OCC.C=NC1C=Cc2cccc3c2N(C1=O)C(C(=O)OCC)C3. The van der Waals surface area contributed by atoms with E-state index in [-0.39, 0.29) is 30.8 Å². The van der Waals surface area contributed by atoms with Gasteiger partial charge in [0.25, 0.3) is 11.8 Å². The van der Waals surface area contributed by atoms with E-state index in [4.69, 9.17) is 18.9 Å². The summed E-state index contributed by atoms with van der Waals surface area (Å²) in [7, 11) is 0.